The number of aliphatic hydroxyl groups is 2. The van der Waals surface area contributed by atoms with E-state index in [-0.39, 0.29) is 0 Å². The van der Waals surface area contributed by atoms with Gasteiger partial charge < -0.3 is 30.5 Å². The summed E-state index contributed by atoms with van der Waals surface area (Å²) in [6.45, 7) is 4.35. The molecular weight excluding hydrogens is 487 g/mol. The molecule has 3 aliphatic heterocycles. The second-order valence-corrected chi connectivity index (χ2v) is 10.0. The molecule has 34 heavy (non-hydrogen) atoms. The fourth-order valence-electron chi connectivity index (χ4n) is 4.81. The van der Waals surface area contributed by atoms with Crippen molar-refractivity contribution in [2.75, 3.05) is 19.6 Å². The fraction of sp³-hybridized carbons (Fsp3) is 0.652. The summed E-state index contributed by atoms with van der Waals surface area (Å²) in [5.41, 5.74) is 1.19. The number of ether oxygens (including phenoxy) is 1. The Bertz CT molecular complexity index is 823. The third kappa shape index (κ3) is 7.52. The maximum atomic E-state index is 9.77. The summed E-state index contributed by atoms with van der Waals surface area (Å²) < 4.78 is 6.05. The van der Waals surface area contributed by atoms with Crippen molar-refractivity contribution in [1.29, 1.82) is 0 Å². The molecule has 0 saturated carbocycles. The molecule has 11 heteroatoms. The summed E-state index contributed by atoms with van der Waals surface area (Å²) in [7, 11) is 0. The van der Waals surface area contributed by atoms with E-state index in [9.17, 15) is 9.59 Å². The van der Waals surface area contributed by atoms with E-state index in [0.29, 0.717) is 23.3 Å². The lowest BCUT2D eigenvalue weighted by Gasteiger charge is -2.38. The molecule has 0 spiro atoms. The van der Waals surface area contributed by atoms with E-state index in [1.807, 2.05) is 12.1 Å². The summed E-state index contributed by atoms with van der Waals surface area (Å²) in [4.78, 5) is 22.2. The molecule has 3 fully saturated rings. The molecule has 5 N–H and O–H groups in total. The smallest absolute Gasteiger partial charge is 0.335 e. The lowest BCUT2D eigenvalue weighted by atomic mass is 9.98. The van der Waals surface area contributed by atoms with Gasteiger partial charge in [0.05, 0.1) is 12.2 Å². The number of benzene rings is 1. The van der Waals surface area contributed by atoms with Gasteiger partial charge in [-0.05, 0) is 68.8 Å². The van der Waals surface area contributed by atoms with Crippen molar-refractivity contribution in [2.24, 2.45) is 5.92 Å². The molecule has 0 aliphatic carbocycles. The van der Waals surface area contributed by atoms with Gasteiger partial charge in [0.2, 0.25) is 0 Å². The third-order valence-corrected chi connectivity index (χ3v) is 7.22. The molecule has 0 aromatic heterocycles. The van der Waals surface area contributed by atoms with Crippen LogP contribution in [0.5, 0.6) is 0 Å². The Labute approximate surface area is 208 Å². The van der Waals surface area contributed by atoms with E-state index in [0.717, 1.165) is 37.1 Å². The molecule has 1 aromatic rings. The van der Waals surface area contributed by atoms with Crippen LogP contribution in [0.25, 0.3) is 0 Å². The summed E-state index contributed by atoms with van der Waals surface area (Å²) >= 11 is 12.5. The highest BCUT2D eigenvalue weighted by molar-refractivity contribution is 6.35. The Balaban J connectivity index is 0.000000277. The van der Waals surface area contributed by atoms with Crippen molar-refractivity contribution in [1.82, 2.24) is 10.2 Å². The molecule has 190 valence electrons. The van der Waals surface area contributed by atoms with E-state index >= 15 is 0 Å². The van der Waals surface area contributed by atoms with Gasteiger partial charge in [0.25, 0.3) is 0 Å². The quantitative estimate of drug-likeness (QED) is 0.349. The average molecular weight is 519 g/mol. The maximum absolute atomic E-state index is 9.77. The minimum atomic E-state index is -2.27. The minimum absolute atomic E-state index is 0.471. The number of hydrogen-bond acceptors (Lipinski definition) is 7. The number of nitrogens with one attached hydrogen (secondary N) is 1. The van der Waals surface area contributed by atoms with Gasteiger partial charge in [0.15, 0.2) is 12.2 Å². The topological polar surface area (TPSA) is 140 Å². The highest BCUT2D eigenvalue weighted by atomic mass is 35.5. The molecule has 3 heterocycles. The van der Waals surface area contributed by atoms with Crippen molar-refractivity contribution in [3.8, 4) is 0 Å². The van der Waals surface area contributed by atoms with Gasteiger partial charge in [-0.1, -0.05) is 29.3 Å². The zero-order valence-electron chi connectivity index (χ0n) is 18.8. The Morgan fingerprint density at radius 3 is 2.18 bits per heavy atom. The van der Waals surface area contributed by atoms with E-state index in [4.69, 9.17) is 48.4 Å². The Morgan fingerprint density at radius 2 is 1.68 bits per heavy atom. The van der Waals surface area contributed by atoms with Crippen molar-refractivity contribution in [3.63, 3.8) is 0 Å². The number of nitrogens with zero attached hydrogens (tertiary/aromatic N) is 1. The third-order valence-electron chi connectivity index (χ3n) is 6.63. The molecule has 4 rings (SSSR count). The highest BCUT2D eigenvalue weighted by Crippen LogP contribution is 2.36. The minimum Gasteiger partial charge on any atom is -0.479 e. The second-order valence-electron chi connectivity index (χ2n) is 9.17. The van der Waals surface area contributed by atoms with Crippen molar-refractivity contribution in [3.05, 3.63) is 33.8 Å². The molecule has 0 radical (unpaired) electrons. The monoisotopic (exact) mass is 518 g/mol. The van der Waals surface area contributed by atoms with Crippen molar-refractivity contribution < 1.29 is 34.8 Å². The van der Waals surface area contributed by atoms with Crippen molar-refractivity contribution in [2.45, 2.75) is 69.1 Å². The number of fused-ring (bicyclic) bond motifs is 2. The van der Waals surface area contributed by atoms with Crippen LogP contribution in [-0.4, -0.2) is 87.4 Å². The molecule has 3 saturated heterocycles. The normalized spacial score (nSPS) is 27.7. The fourth-order valence-corrected chi connectivity index (χ4v) is 5.28. The lowest BCUT2D eigenvalue weighted by molar-refractivity contribution is -0.165. The van der Waals surface area contributed by atoms with Gasteiger partial charge in [-0.15, -0.1) is 0 Å². The standard InChI is InChI=1S/C19H26Cl2N2O.C4H6O6/c20-15-2-1-14(19(21)7-15)12-23(11-13-5-6-22-10-13)16-8-17-3-4-18(9-16)24-17;5-1(3(7)8)2(6)4(9)10/h1-2,7,13,16-18,22H,3-6,8-12H2;1-2,5-6H,(H,7,8)(H,9,10)/t13-,16?,17-,18+;/m0./s1. The van der Waals surface area contributed by atoms with Gasteiger partial charge >= 0.3 is 11.9 Å². The van der Waals surface area contributed by atoms with Crippen LogP contribution >= 0.6 is 23.2 Å². The van der Waals surface area contributed by atoms with Gasteiger partial charge in [-0.3, -0.25) is 4.90 Å². The number of halogens is 2. The number of rotatable bonds is 8. The molecule has 3 unspecified atom stereocenters. The van der Waals surface area contributed by atoms with Gasteiger partial charge in [-0.2, -0.15) is 0 Å². The number of carbonyl (C=O) groups is 2. The summed E-state index contributed by atoms with van der Waals surface area (Å²) in [5, 5.41) is 37.5. The van der Waals surface area contributed by atoms with E-state index in [1.54, 1.807) is 0 Å². The average Bonchev–Trinajstić information content (AvgIpc) is 3.43. The number of hydrogen-bond donors (Lipinski definition) is 5. The first-order chi connectivity index (χ1) is 16.1. The first-order valence-electron chi connectivity index (χ1n) is 11.5. The van der Waals surface area contributed by atoms with E-state index < -0.39 is 24.1 Å². The van der Waals surface area contributed by atoms with Crippen LogP contribution in [-0.2, 0) is 20.9 Å². The van der Waals surface area contributed by atoms with Crippen LogP contribution in [0.1, 0.15) is 37.7 Å². The van der Waals surface area contributed by atoms with Crippen molar-refractivity contribution >= 4 is 35.1 Å². The van der Waals surface area contributed by atoms with Gasteiger partial charge in [0, 0.05) is 29.2 Å². The maximum Gasteiger partial charge on any atom is 0.335 e. The first kappa shape index (κ1) is 27.1. The van der Waals surface area contributed by atoms with Gasteiger partial charge in [0.1, 0.15) is 0 Å². The number of aliphatic hydroxyl groups excluding tert-OH is 2. The summed E-state index contributed by atoms with van der Waals surface area (Å²) in [6, 6.07) is 6.51. The van der Waals surface area contributed by atoms with Crippen LogP contribution < -0.4 is 5.32 Å². The Hall–Kier alpha value is -1.46. The molecular formula is C23H32Cl2N2O7. The molecule has 1 aromatic carbocycles. The molecule has 0 amide bonds. The summed E-state index contributed by atoms with van der Waals surface area (Å²) in [6.07, 6.45) is 2.50. The number of aliphatic carboxylic acids is 2. The van der Waals surface area contributed by atoms with Crippen LogP contribution in [0, 0.1) is 5.92 Å². The van der Waals surface area contributed by atoms with Crippen LogP contribution in [0.15, 0.2) is 18.2 Å². The van der Waals surface area contributed by atoms with E-state index in [2.05, 4.69) is 16.3 Å². The lowest BCUT2D eigenvalue weighted by Crippen LogP contribution is -2.44. The molecule has 2 bridgehead atoms. The predicted molar refractivity (Wildman–Crippen MR) is 126 cm³/mol. The highest BCUT2D eigenvalue weighted by Gasteiger charge is 2.38. The second kappa shape index (κ2) is 12.5. The molecule has 9 nitrogen and oxygen atoms in total. The zero-order chi connectivity index (χ0) is 24.8. The number of carboxylic acid groups (broad SMARTS) is 2. The van der Waals surface area contributed by atoms with Crippen LogP contribution in [0.4, 0.5) is 0 Å². The first-order valence-corrected chi connectivity index (χ1v) is 12.3. The molecule has 3 aliphatic rings. The number of carboxylic acids is 2. The predicted octanol–water partition coefficient (Wildman–Crippen LogP) is 1.99. The Morgan fingerprint density at radius 1 is 1.06 bits per heavy atom. The molecule has 6 atom stereocenters. The Kier molecular flexibility index (Phi) is 9.96. The van der Waals surface area contributed by atoms with Crippen LogP contribution in [0.2, 0.25) is 10.0 Å². The largest absolute Gasteiger partial charge is 0.479 e. The van der Waals surface area contributed by atoms with E-state index in [1.165, 1.54) is 37.7 Å². The van der Waals surface area contributed by atoms with Crippen LogP contribution in [0.3, 0.4) is 0 Å². The summed E-state index contributed by atoms with van der Waals surface area (Å²) in [5.74, 6) is -2.79. The SMILES string of the molecule is Clc1ccc(CN(C[C@H]2CCNC2)C2C[C@H]3CC[C@@H](C2)O3)c(Cl)c1.O=C(O)C(O)C(O)C(=O)O. The zero-order valence-corrected chi connectivity index (χ0v) is 20.3. The van der Waals surface area contributed by atoms with Gasteiger partial charge in [-0.25, -0.2) is 9.59 Å².